The number of rotatable bonds is 3. The van der Waals surface area contributed by atoms with Gasteiger partial charge in [-0.15, -0.1) is 0 Å². The van der Waals surface area contributed by atoms with E-state index in [0.717, 1.165) is 13.1 Å². The maximum absolute atomic E-state index is 11.3. The summed E-state index contributed by atoms with van der Waals surface area (Å²) in [5.41, 5.74) is 0. The van der Waals surface area contributed by atoms with Gasteiger partial charge in [-0.25, -0.2) is 0 Å². The van der Waals surface area contributed by atoms with E-state index in [1.54, 1.807) is 0 Å². The summed E-state index contributed by atoms with van der Waals surface area (Å²) in [6, 6.07) is 0. The summed E-state index contributed by atoms with van der Waals surface area (Å²) in [6.07, 6.45) is 0.278. The lowest BCUT2D eigenvalue weighted by atomic mass is 10.2. The summed E-state index contributed by atoms with van der Waals surface area (Å²) < 4.78 is 15.4. The summed E-state index contributed by atoms with van der Waals surface area (Å²) >= 11 is 0. The molecule has 0 aromatic rings. The van der Waals surface area contributed by atoms with Gasteiger partial charge in [-0.1, -0.05) is 0 Å². The summed E-state index contributed by atoms with van der Waals surface area (Å²) in [4.78, 5) is 11.3. The van der Waals surface area contributed by atoms with Crippen LogP contribution in [0.4, 0.5) is 0 Å². The van der Waals surface area contributed by atoms with E-state index in [1.165, 1.54) is 0 Å². The van der Waals surface area contributed by atoms with E-state index in [2.05, 4.69) is 5.32 Å². The molecule has 2 rings (SSSR count). The van der Waals surface area contributed by atoms with Crippen molar-refractivity contribution in [3.05, 3.63) is 0 Å². The number of carbonyl (C=O) groups excluding carboxylic acids is 1. The van der Waals surface area contributed by atoms with Crippen LogP contribution in [0.5, 0.6) is 0 Å². The third-order valence-corrected chi connectivity index (χ3v) is 2.30. The second kappa shape index (κ2) is 4.72. The molecule has 2 saturated heterocycles. The predicted molar refractivity (Wildman–Crippen MR) is 47.9 cm³/mol. The van der Waals surface area contributed by atoms with Gasteiger partial charge < -0.3 is 19.5 Å². The minimum absolute atomic E-state index is 0.0287. The summed E-state index contributed by atoms with van der Waals surface area (Å²) in [6.45, 7) is 3.34. The quantitative estimate of drug-likeness (QED) is 0.612. The Balaban J connectivity index is 1.64. The first-order valence-electron chi connectivity index (χ1n) is 4.94. The molecule has 0 saturated carbocycles. The van der Waals surface area contributed by atoms with Crippen molar-refractivity contribution < 1.29 is 19.0 Å². The normalized spacial score (nSPS) is 28.1. The lowest BCUT2D eigenvalue weighted by molar-refractivity contribution is -0.175. The average molecular weight is 201 g/mol. The Hall–Kier alpha value is -0.650. The lowest BCUT2D eigenvalue weighted by Crippen LogP contribution is -2.42. The number of hydrogen-bond acceptors (Lipinski definition) is 5. The van der Waals surface area contributed by atoms with Crippen LogP contribution in [-0.4, -0.2) is 51.1 Å². The molecule has 2 aliphatic heterocycles. The third kappa shape index (κ3) is 2.67. The molecule has 0 aromatic heterocycles. The number of morpholine rings is 1. The maximum Gasteiger partial charge on any atom is 0.308 e. The number of carbonyl (C=O) groups is 1. The number of esters is 1. The van der Waals surface area contributed by atoms with Crippen molar-refractivity contribution in [2.45, 2.75) is 18.6 Å². The van der Waals surface area contributed by atoms with E-state index in [9.17, 15) is 4.79 Å². The molecular weight excluding hydrogens is 186 g/mol. The molecule has 0 aliphatic carbocycles. The molecule has 5 heteroatoms. The van der Waals surface area contributed by atoms with Crippen LogP contribution >= 0.6 is 0 Å². The highest BCUT2D eigenvalue weighted by Crippen LogP contribution is 2.09. The van der Waals surface area contributed by atoms with Gasteiger partial charge in [-0.3, -0.25) is 4.79 Å². The Kier molecular flexibility index (Phi) is 3.34. The van der Waals surface area contributed by atoms with Gasteiger partial charge >= 0.3 is 5.97 Å². The van der Waals surface area contributed by atoms with E-state index in [1.807, 2.05) is 0 Å². The van der Waals surface area contributed by atoms with Crippen LogP contribution in [0.1, 0.15) is 6.42 Å². The number of ether oxygens (including phenoxy) is 3. The molecular formula is C9H15NO4. The van der Waals surface area contributed by atoms with Gasteiger partial charge in [-0.2, -0.15) is 0 Å². The predicted octanol–water partition coefficient (Wildman–Crippen LogP) is -0.693. The number of nitrogens with one attached hydrogen (secondary N) is 1. The van der Waals surface area contributed by atoms with Crippen molar-refractivity contribution in [3.8, 4) is 0 Å². The van der Waals surface area contributed by atoms with E-state index < -0.39 is 0 Å². The molecule has 2 heterocycles. The first kappa shape index (κ1) is 9.89. The van der Waals surface area contributed by atoms with Crippen LogP contribution in [0, 0.1) is 0 Å². The zero-order valence-electron chi connectivity index (χ0n) is 8.03. The molecule has 1 atom stereocenters. The van der Waals surface area contributed by atoms with Crippen molar-refractivity contribution in [3.63, 3.8) is 0 Å². The topological polar surface area (TPSA) is 56.8 Å². The monoisotopic (exact) mass is 201 g/mol. The molecule has 1 N–H and O–H groups in total. The first-order chi connectivity index (χ1) is 6.84. The molecule has 0 spiro atoms. The van der Waals surface area contributed by atoms with Gasteiger partial charge in [0.1, 0.15) is 6.10 Å². The van der Waals surface area contributed by atoms with Gasteiger partial charge in [0.15, 0.2) is 0 Å². The van der Waals surface area contributed by atoms with Crippen LogP contribution in [0.25, 0.3) is 0 Å². The SMILES string of the molecule is O=C(CC1CNCCO1)OC1COC1. The second-order valence-electron chi connectivity index (χ2n) is 3.55. The fraction of sp³-hybridized carbons (Fsp3) is 0.889. The molecule has 2 aliphatic rings. The van der Waals surface area contributed by atoms with Crippen molar-refractivity contribution in [1.29, 1.82) is 0 Å². The van der Waals surface area contributed by atoms with Crippen LogP contribution in [-0.2, 0) is 19.0 Å². The lowest BCUT2D eigenvalue weighted by Gasteiger charge is -2.27. The third-order valence-electron chi connectivity index (χ3n) is 2.30. The van der Waals surface area contributed by atoms with Crippen LogP contribution in [0.2, 0.25) is 0 Å². The Morgan fingerprint density at radius 1 is 1.50 bits per heavy atom. The van der Waals surface area contributed by atoms with E-state index >= 15 is 0 Å². The van der Waals surface area contributed by atoms with Crippen LogP contribution in [0.15, 0.2) is 0 Å². The van der Waals surface area contributed by atoms with Gasteiger partial charge in [0, 0.05) is 13.1 Å². The average Bonchev–Trinajstić information content (AvgIpc) is 2.13. The minimum Gasteiger partial charge on any atom is -0.457 e. The highest BCUT2D eigenvalue weighted by molar-refractivity contribution is 5.70. The van der Waals surface area contributed by atoms with Crippen LogP contribution in [0.3, 0.4) is 0 Å². The molecule has 80 valence electrons. The fourth-order valence-electron chi connectivity index (χ4n) is 1.45. The smallest absolute Gasteiger partial charge is 0.308 e. The zero-order valence-corrected chi connectivity index (χ0v) is 8.03. The molecule has 0 aromatic carbocycles. The Morgan fingerprint density at radius 2 is 2.36 bits per heavy atom. The highest BCUT2D eigenvalue weighted by atomic mass is 16.6. The first-order valence-corrected chi connectivity index (χ1v) is 4.94. The Morgan fingerprint density at radius 3 is 2.93 bits per heavy atom. The van der Waals surface area contributed by atoms with Gasteiger partial charge in [0.2, 0.25) is 0 Å². The fourth-order valence-corrected chi connectivity index (χ4v) is 1.45. The van der Waals surface area contributed by atoms with Gasteiger partial charge in [0.25, 0.3) is 0 Å². The van der Waals surface area contributed by atoms with Crippen molar-refractivity contribution in [2.24, 2.45) is 0 Å². The second-order valence-corrected chi connectivity index (χ2v) is 3.55. The molecule has 2 fully saturated rings. The maximum atomic E-state index is 11.3. The van der Waals surface area contributed by atoms with Crippen molar-refractivity contribution >= 4 is 5.97 Å². The molecule has 14 heavy (non-hydrogen) atoms. The number of hydrogen-bond donors (Lipinski definition) is 1. The summed E-state index contributed by atoms with van der Waals surface area (Å²) in [5, 5.41) is 3.16. The Labute approximate surface area is 82.7 Å². The van der Waals surface area contributed by atoms with Crippen molar-refractivity contribution in [2.75, 3.05) is 32.9 Å². The molecule has 1 unspecified atom stereocenters. The Bertz CT molecular complexity index is 199. The van der Waals surface area contributed by atoms with Gasteiger partial charge in [-0.05, 0) is 0 Å². The standard InChI is InChI=1S/C9H15NO4/c11-9(14-8-5-12-6-8)3-7-4-10-1-2-13-7/h7-8,10H,1-6H2. The van der Waals surface area contributed by atoms with E-state index in [4.69, 9.17) is 14.2 Å². The largest absolute Gasteiger partial charge is 0.457 e. The summed E-state index contributed by atoms with van der Waals surface area (Å²) in [7, 11) is 0. The van der Waals surface area contributed by atoms with Gasteiger partial charge in [0.05, 0.1) is 32.3 Å². The zero-order chi connectivity index (χ0) is 9.80. The molecule has 0 bridgehead atoms. The molecule has 0 radical (unpaired) electrons. The van der Waals surface area contributed by atoms with E-state index in [-0.39, 0.29) is 18.2 Å². The molecule has 5 nitrogen and oxygen atoms in total. The highest BCUT2D eigenvalue weighted by Gasteiger charge is 2.25. The van der Waals surface area contributed by atoms with Crippen molar-refractivity contribution in [1.82, 2.24) is 5.32 Å². The van der Waals surface area contributed by atoms with Crippen LogP contribution < -0.4 is 5.32 Å². The summed E-state index contributed by atoms with van der Waals surface area (Å²) in [5.74, 6) is -0.188. The molecule has 0 amide bonds. The minimum atomic E-state index is -0.188. The van der Waals surface area contributed by atoms with E-state index in [0.29, 0.717) is 26.2 Å².